The summed E-state index contributed by atoms with van der Waals surface area (Å²) in [7, 11) is 1.47. The molecule has 1 saturated carbocycles. The molecule has 5 rings (SSSR count). The molecule has 41 heavy (non-hydrogen) atoms. The zero-order valence-corrected chi connectivity index (χ0v) is 25.4. The fourth-order valence-corrected chi connectivity index (χ4v) is 5.42. The van der Waals surface area contributed by atoms with Crippen molar-refractivity contribution in [3.63, 3.8) is 0 Å². The Balaban J connectivity index is 0.00000189. The standard InChI is InChI=1S/C30H38N2O7.C2H6/c1-28(2,3)25-14-18-13-20(8-9-22(18)32(25)16-21-17-37-29(4,5)39-21)31-26(33)30(11-12-30)19-7-10-23(38-27(34)35)24(15-19)36-6;1-2/h7-10,13-15,21,27,34-35H,11-12,16-17H2,1-6H3,(H,31,33);1-2H3. The first-order valence-corrected chi connectivity index (χ1v) is 14.3. The summed E-state index contributed by atoms with van der Waals surface area (Å²) in [4.78, 5) is 13.5. The van der Waals surface area contributed by atoms with Crippen molar-refractivity contribution in [1.29, 1.82) is 0 Å². The Hall–Kier alpha value is -3.11. The molecule has 224 valence electrons. The average Bonchev–Trinajstić information content (AvgIpc) is 3.54. The van der Waals surface area contributed by atoms with E-state index in [0.29, 0.717) is 31.7 Å². The second-order valence-corrected chi connectivity index (χ2v) is 12.0. The van der Waals surface area contributed by atoms with Crippen LogP contribution in [0.15, 0.2) is 42.5 Å². The Morgan fingerprint density at radius 2 is 1.80 bits per heavy atom. The van der Waals surface area contributed by atoms with E-state index in [9.17, 15) is 4.79 Å². The van der Waals surface area contributed by atoms with Crippen molar-refractivity contribution < 1.29 is 34.0 Å². The summed E-state index contributed by atoms with van der Waals surface area (Å²) in [6, 6.07) is 13.3. The molecule has 1 amide bonds. The van der Waals surface area contributed by atoms with Crippen LogP contribution in [-0.4, -0.2) is 52.8 Å². The minimum atomic E-state index is -1.96. The van der Waals surface area contributed by atoms with Crippen LogP contribution in [0.1, 0.15) is 72.6 Å². The maximum absolute atomic E-state index is 13.5. The van der Waals surface area contributed by atoms with Gasteiger partial charge in [-0.1, -0.05) is 40.7 Å². The highest BCUT2D eigenvalue weighted by Gasteiger charge is 2.51. The summed E-state index contributed by atoms with van der Waals surface area (Å²) in [5.74, 6) is -0.148. The summed E-state index contributed by atoms with van der Waals surface area (Å²) in [6.07, 6.45) is 1.37. The van der Waals surface area contributed by atoms with Gasteiger partial charge in [-0.3, -0.25) is 4.79 Å². The molecule has 1 atom stereocenters. The zero-order valence-electron chi connectivity index (χ0n) is 25.4. The van der Waals surface area contributed by atoms with E-state index in [2.05, 4.69) is 42.8 Å². The van der Waals surface area contributed by atoms with Crippen LogP contribution in [0.3, 0.4) is 0 Å². The molecule has 0 radical (unpaired) electrons. The first kappa shape index (κ1) is 30.8. The van der Waals surface area contributed by atoms with E-state index in [4.69, 9.17) is 29.2 Å². The molecule has 2 fully saturated rings. The number of ether oxygens (including phenoxy) is 4. The first-order chi connectivity index (χ1) is 19.3. The topological polar surface area (TPSA) is 111 Å². The molecule has 1 aliphatic carbocycles. The third-order valence-electron chi connectivity index (χ3n) is 7.51. The Morgan fingerprint density at radius 1 is 1.10 bits per heavy atom. The first-order valence-electron chi connectivity index (χ1n) is 14.3. The molecule has 1 unspecified atom stereocenters. The predicted octanol–water partition coefficient (Wildman–Crippen LogP) is 5.44. The Bertz CT molecular complexity index is 1380. The molecule has 1 aromatic heterocycles. The number of rotatable bonds is 8. The summed E-state index contributed by atoms with van der Waals surface area (Å²) >= 11 is 0. The van der Waals surface area contributed by atoms with Crippen LogP contribution < -0.4 is 14.8 Å². The number of carbonyl (C=O) groups is 1. The van der Waals surface area contributed by atoms with Gasteiger partial charge >= 0.3 is 6.48 Å². The SMILES string of the molecule is CC.COc1cc(C2(C(=O)Nc3ccc4c(c3)cc(C(C)(C)C)n4CC3COC(C)(C)O3)CC2)ccc1OC(O)O. The summed E-state index contributed by atoms with van der Waals surface area (Å²) < 4.78 is 24.5. The molecular formula is C32H44N2O7. The molecule has 1 saturated heterocycles. The minimum Gasteiger partial charge on any atom is -0.493 e. The molecule has 1 aliphatic heterocycles. The Morgan fingerprint density at radius 3 is 2.37 bits per heavy atom. The molecule has 9 nitrogen and oxygen atoms in total. The third-order valence-corrected chi connectivity index (χ3v) is 7.51. The number of carbonyl (C=O) groups excluding carboxylic acids is 1. The monoisotopic (exact) mass is 568 g/mol. The van der Waals surface area contributed by atoms with Gasteiger partial charge in [-0.05, 0) is 68.7 Å². The number of benzene rings is 2. The smallest absolute Gasteiger partial charge is 0.310 e. The third kappa shape index (κ3) is 6.54. The van der Waals surface area contributed by atoms with Crippen molar-refractivity contribution in [3.8, 4) is 11.5 Å². The number of anilines is 1. The quantitative estimate of drug-likeness (QED) is 0.310. The number of nitrogens with one attached hydrogen (secondary N) is 1. The number of fused-ring (bicyclic) bond motifs is 1. The van der Waals surface area contributed by atoms with Crippen LogP contribution in [-0.2, 0) is 31.6 Å². The van der Waals surface area contributed by atoms with E-state index >= 15 is 0 Å². The maximum Gasteiger partial charge on any atom is 0.310 e. The van der Waals surface area contributed by atoms with Crippen molar-refractivity contribution in [2.24, 2.45) is 0 Å². The van der Waals surface area contributed by atoms with Crippen LogP contribution in [0.25, 0.3) is 10.9 Å². The second kappa shape index (κ2) is 11.6. The number of aliphatic hydroxyl groups excluding tert-OH is 1. The fraction of sp³-hybridized carbons (Fsp3) is 0.531. The minimum absolute atomic E-state index is 0.0415. The molecule has 2 aromatic carbocycles. The van der Waals surface area contributed by atoms with Crippen molar-refractivity contribution in [3.05, 3.63) is 53.7 Å². The lowest BCUT2D eigenvalue weighted by atomic mass is 9.92. The van der Waals surface area contributed by atoms with E-state index in [1.807, 2.05) is 39.8 Å². The molecule has 0 bridgehead atoms. The van der Waals surface area contributed by atoms with Gasteiger partial charge in [0, 0.05) is 27.7 Å². The van der Waals surface area contributed by atoms with Crippen molar-refractivity contribution >= 4 is 22.5 Å². The van der Waals surface area contributed by atoms with Crippen LogP contribution in [0, 0.1) is 0 Å². The lowest BCUT2D eigenvalue weighted by Crippen LogP contribution is -2.28. The predicted molar refractivity (Wildman–Crippen MR) is 158 cm³/mol. The zero-order chi connectivity index (χ0) is 30.2. The highest BCUT2D eigenvalue weighted by atomic mass is 16.7. The normalized spacial score (nSPS) is 19.0. The Labute approximate surface area is 242 Å². The second-order valence-electron chi connectivity index (χ2n) is 12.0. The van der Waals surface area contributed by atoms with Gasteiger partial charge < -0.3 is 39.0 Å². The van der Waals surface area contributed by atoms with Gasteiger partial charge in [0.05, 0.1) is 25.7 Å². The molecule has 3 N–H and O–H groups in total. The van der Waals surface area contributed by atoms with Crippen LogP contribution >= 0.6 is 0 Å². The molecule has 0 spiro atoms. The van der Waals surface area contributed by atoms with Gasteiger partial charge in [-0.25, -0.2) is 0 Å². The molecule has 2 aliphatic rings. The van der Waals surface area contributed by atoms with Crippen LogP contribution in [0.2, 0.25) is 0 Å². The number of methoxy groups -OCH3 is 1. The molecular weight excluding hydrogens is 524 g/mol. The summed E-state index contributed by atoms with van der Waals surface area (Å²) in [5, 5.41) is 22.5. The number of hydrogen-bond acceptors (Lipinski definition) is 7. The van der Waals surface area contributed by atoms with Crippen LogP contribution in [0.5, 0.6) is 11.5 Å². The number of hydrogen-bond donors (Lipinski definition) is 3. The maximum atomic E-state index is 13.5. The number of aromatic nitrogens is 1. The van der Waals surface area contributed by atoms with Gasteiger partial charge in [0.15, 0.2) is 17.3 Å². The number of nitrogens with zero attached hydrogens (tertiary/aromatic N) is 1. The average molecular weight is 569 g/mol. The Kier molecular flexibility index (Phi) is 8.76. The van der Waals surface area contributed by atoms with E-state index in [0.717, 1.165) is 22.2 Å². The van der Waals surface area contributed by atoms with Gasteiger partial charge in [0.2, 0.25) is 5.91 Å². The van der Waals surface area contributed by atoms with Gasteiger partial charge in [0.25, 0.3) is 0 Å². The number of amides is 1. The van der Waals surface area contributed by atoms with Gasteiger partial charge in [0.1, 0.15) is 6.10 Å². The molecule has 2 heterocycles. The highest BCUT2D eigenvalue weighted by molar-refractivity contribution is 6.02. The van der Waals surface area contributed by atoms with Crippen molar-refractivity contribution in [2.45, 2.75) is 97.0 Å². The summed E-state index contributed by atoms with van der Waals surface area (Å²) in [6.45, 7) is 13.7. The lowest BCUT2D eigenvalue weighted by molar-refractivity contribution is -0.180. The van der Waals surface area contributed by atoms with E-state index in [-0.39, 0.29) is 23.2 Å². The van der Waals surface area contributed by atoms with Crippen molar-refractivity contribution in [1.82, 2.24) is 4.57 Å². The fourth-order valence-electron chi connectivity index (χ4n) is 5.42. The molecule has 9 heteroatoms. The van der Waals surface area contributed by atoms with E-state index < -0.39 is 17.7 Å². The largest absolute Gasteiger partial charge is 0.493 e. The van der Waals surface area contributed by atoms with E-state index in [1.165, 1.54) is 12.8 Å². The summed E-state index contributed by atoms with van der Waals surface area (Å²) in [5.41, 5.74) is 3.03. The van der Waals surface area contributed by atoms with Crippen LogP contribution in [0.4, 0.5) is 5.69 Å². The van der Waals surface area contributed by atoms with Crippen molar-refractivity contribution in [2.75, 3.05) is 19.0 Å². The highest BCUT2D eigenvalue weighted by Crippen LogP contribution is 2.50. The van der Waals surface area contributed by atoms with Gasteiger partial charge in [-0.15, -0.1) is 0 Å². The van der Waals surface area contributed by atoms with E-state index in [1.54, 1.807) is 18.2 Å². The van der Waals surface area contributed by atoms with Gasteiger partial charge in [-0.2, -0.15) is 0 Å². The number of aliphatic hydroxyl groups is 2. The lowest BCUT2D eigenvalue weighted by Gasteiger charge is -2.24. The molecule has 3 aromatic rings.